The molecule has 2 rings (SSSR count). The predicted molar refractivity (Wildman–Crippen MR) is 43.5 cm³/mol. The lowest BCUT2D eigenvalue weighted by Crippen LogP contribution is -2.12. The van der Waals surface area contributed by atoms with Crippen LogP contribution in [0.25, 0.3) is 11.2 Å². The van der Waals surface area contributed by atoms with Gasteiger partial charge in [0.15, 0.2) is 11.5 Å². The number of nitrogens with two attached hydrogens (primary N) is 1. The van der Waals surface area contributed by atoms with Crippen LogP contribution in [-0.4, -0.2) is 19.5 Å². The molecule has 0 saturated heterocycles. The van der Waals surface area contributed by atoms with Gasteiger partial charge in [0.25, 0.3) is 0 Å². The molecule has 2 aromatic heterocycles. The minimum Gasteiger partial charge on any atom is -0.382 e. The average Bonchev–Trinajstić information content (AvgIpc) is 2.32. The Morgan fingerprint density at radius 3 is 3.00 bits per heavy atom. The number of hydrogen-bond acceptors (Lipinski definition) is 4. The fourth-order valence-electron chi connectivity index (χ4n) is 1.05. The number of nitrogen functional groups attached to an aromatic ring is 1. The summed E-state index contributed by atoms with van der Waals surface area (Å²) in [5.74, 6) is 0.290. The van der Waals surface area contributed by atoms with Crippen molar-refractivity contribution in [3.63, 3.8) is 0 Å². The quantitative estimate of drug-likeness (QED) is 0.536. The molecule has 0 aliphatic heterocycles. The Bertz CT molecular complexity index is 482. The molecule has 0 saturated carbocycles. The van der Waals surface area contributed by atoms with E-state index in [1.54, 1.807) is 7.05 Å². The van der Waals surface area contributed by atoms with E-state index in [2.05, 4.69) is 15.0 Å². The highest BCUT2D eigenvalue weighted by Gasteiger charge is 2.06. The van der Waals surface area contributed by atoms with Gasteiger partial charge in [-0.2, -0.15) is 0 Å². The van der Waals surface area contributed by atoms with E-state index in [1.807, 2.05) is 0 Å². The zero-order valence-electron chi connectivity index (χ0n) is 6.40. The maximum absolute atomic E-state index is 11.1. The molecule has 0 bridgehead atoms. The van der Waals surface area contributed by atoms with Crippen LogP contribution < -0.4 is 11.4 Å². The van der Waals surface area contributed by atoms with Crippen molar-refractivity contribution in [3.8, 4) is 0 Å². The second kappa shape index (κ2) is 2.07. The van der Waals surface area contributed by atoms with Gasteiger partial charge in [-0.25, -0.2) is 14.8 Å². The number of anilines is 1. The van der Waals surface area contributed by atoms with Gasteiger partial charge in [0.1, 0.15) is 11.8 Å². The molecule has 0 fully saturated rings. The Hall–Kier alpha value is -1.85. The monoisotopic (exact) mass is 165 g/mol. The fourth-order valence-corrected chi connectivity index (χ4v) is 1.05. The van der Waals surface area contributed by atoms with E-state index in [9.17, 15) is 4.79 Å². The summed E-state index contributed by atoms with van der Waals surface area (Å²) in [5.41, 5.74) is 6.28. The minimum absolute atomic E-state index is 0.239. The Balaban J connectivity index is 3.05. The molecular weight excluding hydrogens is 158 g/mol. The molecule has 0 aliphatic carbocycles. The van der Waals surface area contributed by atoms with Crippen molar-refractivity contribution in [1.82, 2.24) is 19.5 Å². The number of aromatic nitrogens is 4. The van der Waals surface area contributed by atoms with Crippen molar-refractivity contribution in [2.75, 3.05) is 5.73 Å². The molecule has 0 spiro atoms. The number of hydrogen-bond donors (Lipinski definition) is 2. The van der Waals surface area contributed by atoms with Crippen molar-refractivity contribution in [3.05, 3.63) is 16.8 Å². The van der Waals surface area contributed by atoms with Crippen molar-refractivity contribution in [1.29, 1.82) is 0 Å². The van der Waals surface area contributed by atoms with Gasteiger partial charge in [-0.1, -0.05) is 0 Å². The summed E-state index contributed by atoms with van der Waals surface area (Å²) in [6, 6.07) is 0. The van der Waals surface area contributed by atoms with Crippen LogP contribution in [0.3, 0.4) is 0 Å². The number of imidazole rings is 1. The third kappa shape index (κ3) is 0.714. The molecule has 0 radical (unpaired) electrons. The van der Waals surface area contributed by atoms with Gasteiger partial charge < -0.3 is 10.7 Å². The van der Waals surface area contributed by atoms with Gasteiger partial charge >= 0.3 is 5.69 Å². The lowest BCUT2D eigenvalue weighted by atomic mass is 10.5. The van der Waals surface area contributed by atoms with Gasteiger partial charge in [0.05, 0.1) is 0 Å². The van der Waals surface area contributed by atoms with E-state index in [4.69, 9.17) is 5.73 Å². The molecule has 0 amide bonds. The molecule has 2 aromatic rings. The highest BCUT2D eigenvalue weighted by Crippen LogP contribution is 2.09. The van der Waals surface area contributed by atoms with E-state index < -0.39 is 0 Å². The first-order chi connectivity index (χ1) is 5.70. The lowest BCUT2D eigenvalue weighted by molar-refractivity contribution is 0.877. The minimum atomic E-state index is -0.239. The second-order valence-electron chi connectivity index (χ2n) is 2.45. The van der Waals surface area contributed by atoms with Crippen LogP contribution in [0.15, 0.2) is 11.1 Å². The van der Waals surface area contributed by atoms with E-state index in [-0.39, 0.29) is 11.5 Å². The Morgan fingerprint density at radius 2 is 2.33 bits per heavy atom. The number of fused-ring (bicyclic) bond motifs is 1. The van der Waals surface area contributed by atoms with Crippen LogP contribution in [0.2, 0.25) is 0 Å². The molecule has 0 atom stereocenters. The smallest absolute Gasteiger partial charge is 0.327 e. The number of nitrogens with zero attached hydrogens (tertiary/aromatic N) is 3. The standard InChI is InChI=1S/C6H7N5O/c1-11-5-3(10-6(11)12)4(7)8-2-9-5/h2H,1H3,(H,10,12)(H2,7,8,9). The van der Waals surface area contributed by atoms with Gasteiger partial charge in [0.2, 0.25) is 0 Å². The first kappa shape index (κ1) is 6.84. The summed E-state index contributed by atoms with van der Waals surface area (Å²) in [6.45, 7) is 0. The number of rotatable bonds is 0. The normalized spacial score (nSPS) is 10.8. The van der Waals surface area contributed by atoms with Gasteiger partial charge in [-0.3, -0.25) is 4.57 Å². The summed E-state index contributed by atoms with van der Waals surface area (Å²) in [5, 5.41) is 0. The number of nitrogens with one attached hydrogen (secondary N) is 1. The van der Waals surface area contributed by atoms with Crippen molar-refractivity contribution in [2.45, 2.75) is 0 Å². The summed E-state index contributed by atoms with van der Waals surface area (Å²) in [6.07, 6.45) is 1.32. The predicted octanol–water partition coefficient (Wildman–Crippen LogP) is -0.761. The highest BCUT2D eigenvalue weighted by atomic mass is 16.1. The van der Waals surface area contributed by atoms with Gasteiger partial charge in [-0.15, -0.1) is 0 Å². The first-order valence-corrected chi connectivity index (χ1v) is 3.35. The molecule has 62 valence electrons. The highest BCUT2D eigenvalue weighted by molar-refractivity contribution is 5.80. The summed E-state index contributed by atoms with van der Waals surface area (Å²) >= 11 is 0. The molecule has 0 aromatic carbocycles. The number of H-pyrrole nitrogens is 1. The van der Waals surface area contributed by atoms with Crippen LogP contribution in [0.5, 0.6) is 0 Å². The zero-order valence-corrected chi connectivity index (χ0v) is 6.40. The molecule has 6 heteroatoms. The van der Waals surface area contributed by atoms with Crippen molar-refractivity contribution < 1.29 is 0 Å². The molecule has 6 nitrogen and oxygen atoms in total. The molecule has 2 heterocycles. The number of aromatic amines is 1. The Labute approximate surface area is 67.1 Å². The average molecular weight is 165 g/mol. The second-order valence-corrected chi connectivity index (χ2v) is 2.45. The molecular formula is C6H7N5O. The van der Waals surface area contributed by atoms with Gasteiger partial charge in [-0.05, 0) is 0 Å². The van der Waals surface area contributed by atoms with Crippen LogP contribution in [-0.2, 0) is 7.05 Å². The van der Waals surface area contributed by atoms with E-state index in [0.29, 0.717) is 11.2 Å². The van der Waals surface area contributed by atoms with E-state index in [1.165, 1.54) is 10.9 Å². The number of aryl methyl sites for hydroxylation is 1. The fraction of sp³-hybridized carbons (Fsp3) is 0.167. The zero-order chi connectivity index (χ0) is 8.72. The topological polar surface area (TPSA) is 89.6 Å². The lowest BCUT2D eigenvalue weighted by Gasteiger charge is -1.92. The van der Waals surface area contributed by atoms with Crippen LogP contribution in [0.1, 0.15) is 0 Å². The summed E-state index contributed by atoms with van der Waals surface area (Å²) < 4.78 is 1.38. The third-order valence-corrected chi connectivity index (χ3v) is 1.71. The van der Waals surface area contributed by atoms with Crippen LogP contribution in [0, 0.1) is 0 Å². The molecule has 3 N–H and O–H groups in total. The largest absolute Gasteiger partial charge is 0.382 e. The SMILES string of the molecule is Cn1c(=O)[nH]c2c(N)ncnc21. The van der Waals surface area contributed by atoms with Gasteiger partial charge in [0, 0.05) is 7.05 Å². The Kier molecular flexibility index (Phi) is 1.18. The van der Waals surface area contributed by atoms with Crippen molar-refractivity contribution >= 4 is 17.0 Å². The summed E-state index contributed by atoms with van der Waals surface area (Å²) in [7, 11) is 1.62. The summed E-state index contributed by atoms with van der Waals surface area (Å²) in [4.78, 5) is 21.3. The Morgan fingerprint density at radius 1 is 1.58 bits per heavy atom. The third-order valence-electron chi connectivity index (χ3n) is 1.71. The first-order valence-electron chi connectivity index (χ1n) is 3.35. The molecule has 12 heavy (non-hydrogen) atoms. The van der Waals surface area contributed by atoms with E-state index >= 15 is 0 Å². The van der Waals surface area contributed by atoms with Crippen LogP contribution >= 0.6 is 0 Å². The molecule has 0 unspecified atom stereocenters. The van der Waals surface area contributed by atoms with E-state index in [0.717, 1.165) is 0 Å². The van der Waals surface area contributed by atoms with Crippen molar-refractivity contribution in [2.24, 2.45) is 7.05 Å². The molecule has 0 aliphatic rings. The van der Waals surface area contributed by atoms with Crippen LogP contribution in [0.4, 0.5) is 5.82 Å². The maximum atomic E-state index is 11.1. The maximum Gasteiger partial charge on any atom is 0.327 e.